The summed E-state index contributed by atoms with van der Waals surface area (Å²) in [5.41, 5.74) is 1.07. The number of carbonyl (C=O) groups is 2. The predicted octanol–water partition coefficient (Wildman–Crippen LogP) is 9.68. The fourth-order valence-electron chi connectivity index (χ4n) is 5.58. The van der Waals surface area contributed by atoms with Gasteiger partial charge in [0.05, 0.1) is 13.2 Å². The minimum atomic E-state index is -0.541. The van der Waals surface area contributed by atoms with Crippen LogP contribution in [0.3, 0.4) is 0 Å². The van der Waals surface area contributed by atoms with E-state index in [9.17, 15) is 9.59 Å². The normalized spacial score (nSPS) is 12.6. The molecule has 0 bridgehead atoms. The van der Waals surface area contributed by atoms with E-state index in [2.05, 4.69) is 39.8 Å². The van der Waals surface area contributed by atoms with Crippen LogP contribution in [-0.4, -0.2) is 63.8 Å². The maximum absolute atomic E-state index is 12.6. The van der Waals surface area contributed by atoms with E-state index in [1.807, 2.05) is 37.3 Å². The Morgan fingerprint density at radius 3 is 1.47 bits per heavy atom. The quantitative estimate of drug-likeness (QED) is 0.0470. The third-order valence-corrected chi connectivity index (χ3v) is 8.36. The van der Waals surface area contributed by atoms with E-state index in [1.165, 1.54) is 0 Å². The molecule has 0 N–H and O–H groups in total. The molecule has 3 aromatic rings. The summed E-state index contributed by atoms with van der Waals surface area (Å²) >= 11 is 0. The van der Waals surface area contributed by atoms with E-state index in [0.29, 0.717) is 37.6 Å². The zero-order valence-corrected chi connectivity index (χ0v) is 30.7. The van der Waals surface area contributed by atoms with Gasteiger partial charge in [-0.05, 0) is 38.7 Å². The first-order valence-electron chi connectivity index (χ1n) is 18.7. The Balaban J connectivity index is 1.90. The van der Waals surface area contributed by atoms with Gasteiger partial charge >= 0.3 is 11.9 Å². The highest BCUT2D eigenvalue weighted by molar-refractivity contribution is 6.11. The number of rotatable bonds is 26. The van der Waals surface area contributed by atoms with Crippen LogP contribution < -0.4 is 9.47 Å². The lowest BCUT2D eigenvalue weighted by molar-refractivity contribution is -0.155. The molecule has 272 valence electrons. The van der Waals surface area contributed by atoms with Crippen LogP contribution in [0.25, 0.3) is 21.5 Å². The van der Waals surface area contributed by atoms with E-state index in [0.717, 1.165) is 91.3 Å². The molecule has 0 saturated heterocycles. The van der Waals surface area contributed by atoms with Crippen LogP contribution >= 0.6 is 0 Å². The third kappa shape index (κ3) is 13.8. The molecular weight excluding hydrogens is 620 g/mol. The van der Waals surface area contributed by atoms with Gasteiger partial charge in [-0.25, -0.2) is 0 Å². The second-order valence-electron chi connectivity index (χ2n) is 12.9. The van der Waals surface area contributed by atoms with Gasteiger partial charge in [0.15, 0.2) is 12.2 Å². The number of hydrogen-bond donors (Lipinski definition) is 0. The Labute approximate surface area is 294 Å². The number of fused-ring (bicyclic) bond motifs is 2. The van der Waals surface area contributed by atoms with Crippen LogP contribution in [0.1, 0.15) is 110 Å². The second kappa shape index (κ2) is 23.1. The van der Waals surface area contributed by atoms with Crippen molar-refractivity contribution in [1.29, 1.82) is 0 Å². The van der Waals surface area contributed by atoms with Gasteiger partial charge in [-0.3, -0.25) is 9.59 Å². The Hall–Kier alpha value is -3.36. The van der Waals surface area contributed by atoms with Crippen LogP contribution in [0.2, 0.25) is 0 Å². The van der Waals surface area contributed by atoms with Gasteiger partial charge in [0.25, 0.3) is 0 Å². The lowest BCUT2D eigenvalue weighted by Crippen LogP contribution is -2.30. The number of aryl methyl sites for hydroxylation is 1. The molecule has 0 saturated carbocycles. The number of esters is 2. The number of ether oxygens (including phenoxy) is 6. The number of benzene rings is 3. The molecule has 0 aliphatic heterocycles. The minimum Gasteiger partial charge on any atom is -0.488 e. The van der Waals surface area contributed by atoms with Crippen molar-refractivity contribution in [3.05, 3.63) is 48.0 Å². The molecule has 8 nitrogen and oxygen atoms in total. The second-order valence-corrected chi connectivity index (χ2v) is 12.9. The summed E-state index contributed by atoms with van der Waals surface area (Å²) in [6.45, 7) is 12.6. The lowest BCUT2D eigenvalue weighted by Gasteiger charge is -2.23. The number of carbonyl (C=O) groups excluding carboxylic acids is 2. The van der Waals surface area contributed by atoms with Crippen LogP contribution in [0.15, 0.2) is 42.5 Å². The monoisotopic (exact) mass is 680 g/mol. The maximum atomic E-state index is 12.6. The van der Waals surface area contributed by atoms with E-state index >= 15 is 0 Å². The highest BCUT2D eigenvalue weighted by Crippen LogP contribution is 2.43. The van der Waals surface area contributed by atoms with Crippen molar-refractivity contribution in [1.82, 2.24) is 0 Å². The van der Waals surface area contributed by atoms with Gasteiger partial charge < -0.3 is 28.4 Å². The van der Waals surface area contributed by atoms with Crippen molar-refractivity contribution < 1.29 is 38.0 Å². The summed E-state index contributed by atoms with van der Waals surface area (Å²) in [5.74, 6) is 0.923. The fraction of sp³-hybridized carbons (Fsp3) is 0.610. The molecule has 0 aliphatic rings. The van der Waals surface area contributed by atoms with E-state index in [-0.39, 0.29) is 38.4 Å². The molecule has 0 fully saturated rings. The summed E-state index contributed by atoms with van der Waals surface area (Å²) in [5, 5.41) is 3.52. The molecular formula is C41H60O8. The molecule has 0 radical (unpaired) electrons. The van der Waals surface area contributed by atoms with Gasteiger partial charge in [-0.1, -0.05) is 108 Å². The fourth-order valence-corrected chi connectivity index (χ4v) is 5.58. The molecule has 8 heteroatoms. The zero-order chi connectivity index (χ0) is 35.3. The highest BCUT2D eigenvalue weighted by atomic mass is 16.6. The molecule has 2 atom stereocenters. The molecule has 49 heavy (non-hydrogen) atoms. The minimum absolute atomic E-state index is 0.157. The maximum Gasteiger partial charge on any atom is 0.306 e. The average molecular weight is 681 g/mol. The Bertz CT molecular complexity index is 1400. The molecule has 0 aliphatic carbocycles. The first kappa shape index (κ1) is 40.1. The van der Waals surface area contributed by atoms with Gasteiger partial charge in [0.1, 0.15) is 24.7 Å². The first-order valence-corrected chi connectivity index (χ1v) is 18.7. The van der Waals surface area contributed by atoms with Gasteiger partial charge in [-0.2, -0.15) is 0 Å². The predicted molar refractivity (Wildman–Crippen MR) is 197 cm³/mol. The third-order valence-electron chi connectivity index (χ3n) is 8.36. The molecule has 0 amide bonds. The van der Waals surface area contributed by atoms with Crippen molar-refractivity contribution in [3.8, 4) is 11.5 Å². The molecule has 3 rings (SSSR count). The van der Waals surface area contributed by atoms with Crippen molar-refractivity contribution in [2.75, 3.05) is 39.6 Å². The Morgan fingerprint density at radius 1 is 0.551 bits per heavy atom. The van der Waals surface area contributed by atoms with Crippen LogP contribution in [-0.2, 0) is 28.5 Å². The summed E-state index contributed by atoms with van der Waals surface area (Å²) < 4.78 is 36.7. The van der Waals surface area contributed by atoms with Gasteiger partial charge in [0.2, 0.25) is 0 Å². The Morgan fingerprint density at radius 2 is 1.00 bits per heavy atom. The molecule has 0 aromatic heterocycles. The summed E-state index contributed by atoms with van der Waals surface area (Å²) in [6.07, 6.45) is 9.41. The van der Waals surface area contributed by atoms with Crippen molar-refractivity contribution in [2.24, 2.45) is 0 Å². The zero-order valence-electron chi connectivity index (χ0n) is 30.7. The average Bonchev–Trinajstić information content (AvgIpc) is 3.10. The van der Waals surface area contributed by atoms with E-state index in [4.69, 9.17) is 28.4 Å². The van der Waals surface area contributed by atoms with Crippen LogP contribution in [0.5, 0.6) is 11.5 Å². The largest absolute Gasteiger partial charge is 0.488 e. The highest BCUT2D eigenvalue weighted by Gasteiger charge is 2.22. The molecule has 0 spiro atoms. The SMILES string of the molecule is CCCCCOCC(COc1c2ccccc2c(OCC(COCCCCC)OC(=O)CCCC)c2cc(C)ccc12)OC(=O)CCCC. The molecule has 3 aromatic carbocycles. The first-order chi connectivity index (χ1) is 23.9. The summed E-state index contributed by atoms with van der Waals surface area (Å²) in [7, 11) is 0. The number of unbranched alkanes of at least 4 members (excludes halogenated alkanes) is 6. The van der Waals surface area contributed by atoms with Crippen LogP contribution in [0, 0.1) is 6.92 Å². The van der Waals surface area contributed by atoms with E-state index in [1.54, 1.807) is 0 Å². The smallest absolute Gasteiger partial charge is 0.306 e. The summed E-state index contributed by atoms with van der Waals surface area (Å²) in [4.78, 5) is 25.3. The Kier molecular flexibility index (Phi) is 18.9. The molecule has 0 heterocycles. The van der Waals surface area contributed by atoms with Crippen molar-refractivity contribution >= 4 is 33.5 Å². The van der Waals surface area contributed by atoms with Crippen molar-refractivity contribution in [3.63, 3.8) is 0 Å². The van der Waals surface area contributed by atoms with Gasteiger partial charge in [-0.15, -0.1) is 0 Å². The topological polar surface area (TPSA) is 89.5 Å². The van der Waals surface area contributed by atoms with Crippen LogP contribution in [0.4, 0.5) is 0 Å². The standard InChI is InChI=1S/C41H60O8/c1-6-10-16-24-44-27-32(48-38(42)20-12-8-3)29-46-40-34-18-14-15-19-35(34)41(37-26-31(5)22-23-36(37)40)47-30-33(28-45-25-17-11-7-2)49-39(43)21-13-9-4/h14-15,18-19,22-23,26,32-33H,6-13,16-17,20-21,24-25,27-30H2,1-5H3. The lowest BCUT2D eigenvalue weighted by atomic mass is 9.99. The summed E-state index contributed by atoms with van der Waals surface area (Å²) in [6, 6.07) is 14.2. The number of hydrogen-bond acceptors (Lipinski definition) is 8. The van der Waals surface area contributed by atoms with E-state index < -0.39 is 12.2 Å². The van der Waals surface area contributed by atoms with Crippen molar-refractivity contribution in [2.45, 2.75) is 124 Å². The molecule has 2 unspecified atom stereocenters. The van der Waals surface area contributed by atoms with Gasteiger partial charge in [0, 0.05) is 47.6 Å².